The van der Waals surface area contributed by atoms with Gasteiger partial charge in [-0.2, -0.15) is 0 Å². The van der Waals surface area contributed by atoms with Crippen molar-refractivity contribution in [2.24, 2.45) is 15.7 Å². The number of hydrogen-bond acceptors (Lipinski definition) is 4. The summed E-state index contributed by atoms with van der Waals surface area (Å²) in [6, 6.07) is 14.7. The van der Waals surface area contributed by atoms with E-state index in [1.54, 1.807) is 0 Å². The van der Waals surface area contributed by atoms with Gasteiger partial charge in [0.25, 0.3) is 0 Å². The lowest BCUT2D eigenvalue weighted by Gasteiger charge is -2.43. The normalized spacial score (nSPS) is 18.5. The molecule has 2 aromatic rings. The van der Waals surface area contributed by atoms with Gasteiger partial charge in [0.1, 0.15) is 5.54 Å². The molecule has 1 fully saturated rings. The molecule has 1 aliphatic carbocycles. The molecule has 0 radical (unpaired) electrons. The van der Waals surface area contributed by atoms with Crippen molar-refractivity contribution in [2.75, 3.05) is 10.7 Å². The number of para-hydroxylation sites is 2. The SMILES string of the molecule is Cc1ccccc1N1C(SCC(N)=O)=NC(=Nc2c(C)cccc2C)C12CCCCC2.Cl. The summed E-state index contributed by atoms with van der Waals surface area (Å²) in [5, 5.41) is 0.819. The van der Waals surface area contributed by atoms with E-state index in [-0.39, 0.29) is 29.6 Å². The molecule has 0 bridgehead atoms. The summed E-state index contributed by atoms with van der Waals surface area (Å²) in [5.41, 5.74) is 10.8. The number of benzene rings is 2. The fourth-order valence-corrected chi connectivity index (χ4v) is 5.53. The number of anilines is 1. The minimum atomic E-state index is -0.338. The number of rotatable bonds is 4. The molecule has 5 nitrogen and oxygen atoms in total. The van der Waals surface area contributed by atoms with Gasteiger partial charge in [-0.1, -0.05) is 67.4 Å². The van der Waals surface area contributed by atoms with Crippen LogP contribution >= 0.6 is 24.2 Å². The predicted molar refractivity (Wildman–Crippen MR) is 139 cm³/mol. The third-order valence-electron chi connectivity index (χ3n) is 6.27. The molecular formula is C25H31ClN4OS. The van der Waals surface area contributed by atoms with Crippen LogP contribution in [0.25, 0.3) is 0 Å². The van der Waals surface area contributed by atoms with Crippen LogP contribution in [0.5, 0.6) is 0 Å². The van der Waals surface area contributed by atoms with E-state index in [4.69, 9.17) is 15.7 Å². The zero-order valence-electron chi connectivity index (χ0n) is 18.9. The van der Waals surface area contributed by atoms with E-state index >= 15 is 0 Å². The number of carbonyl (C=O) groups excluding carboxylic acids is 1. The van der Waals surface area contributed by atoms with Crippen molar-refractivity contribution < 1.29 is 4.79 Å². The van der Waals surface area contributed by atoms with Gasteiger partial charge in [-0.25, -0.2) is 9.98 Å². The first-order valence-corrected chi connectivity index (χ1v) is 11.9. The molecule has 1 spiro atoms. The maximum absolute atomic E-state index is 11.6. The number of hydrogen-bond donors (Lipinski definition) is 1. The highest BCUT2D eigenvalue weighted by atomic mass is 35.5. The van der Waals surface area contributed by atoms with E-state index in [1.807, 2.05) is 0 Å². The average molecular weight is 471 g/mol. The third kappa shape index (κ3) is 4.57. The molecule has 1 aliphatic heterocycles. The average Bonchev–Trinajstić information content (AvgIpc) is 3.02. The smallest absolute Gasteiger partial charge is 0.227 e. The number of nitrogens with zero attached hydrogens (tertiary/aromatic N) is 3. The highest BCUT2D eigenvalue weighted by Gasteiger charge is 2.50. The molecule has 1 amide bonds. The summed E-state index contributed by atoms with van der Waals surface area (Å²) in [6.07, 6.45) is 5.49. The Morgan fingerprint density at radius 3 is 2.28 bits per heavy atom. The zero-order valence-corrected chi connectivity index (χ0v) is 20.6. The topological polar surface area (TPSA) is 71.0 Å². The maximum atomic E-state index is 11.6. The summed E-state index contributed by atoms with van der Waals surface area (Å²) < 4.78 is 0. The van der Waals surface area contributed by atoms with Crippen molar-refractivity contribution in [1.82, 2.24) is 0 Å². The van der Waals surface area contributed by atoms with Gasteiger partial charge < -0.3 is 10.6 Å². The molecule has 32 heavy (non-hydrogen) atoms. The first-order valence-electron chi connectivity index (χ1n) is 10.9. The Morgan fingerprint density at radius 1 is 1.03 bits per heavy atom. The number of aryl methyl sites for hydroxylation is 3. The molecule has 1 heterocycles. The largest absolute Gasteiger partial charge is 0.369 e. The minimum Gasteiger partial charge on any atom is -0.369 e. The summed E-state index contributed by atoms with van der Waals surface area (Å²) in [5.74, 6) is 0.726. The second-order valence-electron chi connectivity index (χ2n) is 8.54. The lowest BCUT2D eigenvalue weighted by molar-refractivity contribution is -0.115. The molecule has 0 unspecified atom stereocenters. The van der Waals surface area contributed by atoms with E-state index in [2.05, 4.69) is 68.1 Å². The first-order chi connectivity index (χ1) is 14.9. The Kier molecular flexibility index (Phi) is 7.67. The number of thioether (sulfide) groups is 1. The van der Waals surface area contributed by atoms with Crippen LogP contribution < -0.4 is 10.6 Å². The molecular weight excluding hydrogens is 440 g/mol. The van der Waals surface area contributed by atoms with Crippen molar-refractivity contribution in [3.8, 4) is 0 Å². The van der Waals surface area contributed by atoms with Crippen LogP contribution in [0.1, 0.15) is 48.8 Å². The standard InChI is InChI=1S/C25H30N4OS.ClH/c1-17-10-5-6-13-20(17)29-24(31-16-21(26)30)28-23(25(29)14-7-4-8-15-25)27-22-18(2)11-9-12-19(22)3;/h5-6,9-13H,4,7-8,14-16H2,1-3H3,(H2,26,30);1H. The molecule has 2 aromatic carbocycles. The number of nitrogens with two attached hydrogens (primary N) is 1. The van der Waals surface area contributed by atoms with Crippen molar-refractivity contribution >= 4 is 52.5 Å². The molecule has 7 heteroatoms. The van der Waals surface area contributed by atoms with Crippen molar-refractivity contribution in [3.05, 3.63) is 59.2 Å². The van der Waals surface area contributed by atoms with Gasteiger partial charge in [0.2, 0.25) is 5.91 Å². The molecule has 2 N–H and O–H groups in total. The molecule has 0 saturated heterocycles. The summed E-state index contributed by atoms with van der Waals surface area (Å²) in [4.78, 5) is 24.2. The van der Waals surface area contributed by atoms with Crippen molar-refractivity contribution in [3.63, 3.8) is 0 Å². The fraction of sp³-hybridized carbons (Fsp3) is 0.400. The van der Waals surface area contributed by atoms with Gasteiger partial charge in [0.15, 0.2) is 11.0 Å². The van der Waals surface area contributed by atoms with Gasteiger partial charge in [0, 0.05) is 5.69 Å². The molecule has 170 valence electrons. The second kappa shape index (κ2) is 10.1. The molecule has 2 aliphatic rings. The van der Waals surface area contributed by atoms with Crippen LogP contribution in [-0.4, -0.2) is 28.2 Å². The molecule has 1 saturated carbocycles. The number of halogens is 1. The molecule has 4 rings (SSSR count). The van der Waals surface area contributed by atoms with E-state index in [0.717, 1.165) is 59.2 Å². The van der Waals surface area contributed by atoms with Crippen molar-refractivity contribution in [1.29, 1.82) is 0 Å². The van der Waals surface area contributed by atoms with Gasteiger partial charge >= 0.3 is 0 Å². The second-order valence-corrected chi connectivity index (χ2v) is 9.48. The van der Waals surface area contributed by atoms with Crippen LogP contribution in [0.15, 0.2) is 52.4 Å². The van der Waals surface area contributed by atoms with Gasteiger partial charge in [-0.05, 0) is 56.4 Å². The highest BCUT2D eigenvalue weighted by Crippen LogP contribution is 2.45. The van der Waals surface area contributed by atoms with Crippen LogP contribution in [0, 0.1) is 20.8 Å². The number of carbonyl (C=O) groups is 1. The van der Waals surface area contributed by atoms with E-state index < -0.39 is 0 Å². The number of amidine groups is 2. The van der Waals surface area contributed by atoms with Crippen LogP contribution in [0.3, 0.4) is 0 Å². The highest BCUT2D eigenvalue weighted by molar-refractivity contribution is 8.14. The Labute approximate surface area is 201 Å². The third-order valence-corrected chi connectivity index (χ3v) is 7.24. The Hall–Kier alpha value is -2.31. The molecule has 0 aromatic heterocycles. The number of primary amides is 1. The van der Waals surface area contributed by atoms with Gasteiger partial charge in [-0.3, -0.25) is 4.79 Å². The monoisotopic (exact) mass is 470 g/mol. The first kappa shape index (κ1) is 24.3. The summed E-state index contributed by atoms with van der Waals surface area (Å²) in [7, 11) is 0. The van der Waals surface area contributed by atoms with E-state index in [9.17, 15) is 4.79 Å². The Balaban J connectivity index is 0.00000289. The fourth-order valence-electron chi connectivity index (χ4n) is 4.71. The number of amides is 1. The maximum Gasteiger partial charge on any atom is 0.227 e. The van der Waals surface area contributed by atoms with E-state index in [0.29, 0.717) is 0 Å². The number of aliphatic imine (C=N–C) groups is 2. The Morgan fingerprint density at radius 2 is 1.66 bits per heavy atom. The van der Waals surface area contributed by atoms with Crippen LogP contribution in [0.4, 0.5) is 11.4 Å². The minimum absolute atomic E-state index is 0. The summed E-state index contributed by atoms with van der Waals surface area (Å²) in [6.45, 7) is 6.32. The van der Waals surface area contributed by atoms with Crippen LogP contribution in [-0.2, 0) is 4.79 Å². The lowest BCUT2D eigenvalue weighted by atomic mass is 9.79. The lowest BCUT2D eigenvalue weighted by Crippen LogP contribution is -2.53. The molecule has 0 atom stereocenters. The van der Waals surface area contributed by atoms with Crippen molar-refractivity contribution in [2.45, 2.75) is 58.4 Å². The quantitative estimate of drug-likeness (QED) is 0.608. The zero-order chi connectivity index (χ0) is 22.0. The Bertz CT molecular complexity index is 1040. The predicted octanol–water partition coefficient (Wildman–Crippen LogP) is 5.86. The summed E-state index contributed by atoms with van der Waals surface area (Å²) >= 11 is 1.41. The van der Waals surface area contributed by atoms with Gasteiger partial charge in [0.05, 0.1) is 11.4 Å². The van der Waals surface area contributed by atoms with Gasteiger partial charge in [-0.15, -0.1) is 12.4 Å². The van der Waals surface area contributed by atoms with Crippen LogP contribution in [0.2, 0.25) is 0 Å². The van der Waals surface area contributed by atoms with E-state index in [1.165, 1.54) is 23.7 Å².